The fourth-order valence-electron chi connectivity index (χ4n) is 0.827. The minimum atomic E-state index is 1.08. The van der Waals surface area contributed by atoms with Crippen LogP contribution < -0.4 is 0 Å². The van der Waals surface area contributed by atoms with Crippen molar-refractivity contribution < 1.29 is 0 Å². The van der Waals surface area contributed by atoms with E-state index in [0.717, 1.165) is 11.4 Å². The van der Waals surface area contributed by atoms with Gasteiger partial charge >= 0.3 is 0 Å². The monoisotopic (exact) mass is 153 g/mol. The maximum Gasteiger partial charge on any atom is 0.118 e. The van der Waals surface area contributed by atoms with Gasteiger partial charge in [0.15, 0.2) is 0 Å². The Hall–Kier alpha value is -0.630. The van der Waals surface area contributed by atoms with Gasteiger partial charge in [-0.1, -0.05) is 6.92 Å². The molecule has 0 amide bonds. The number of thiophene rings is 1. The molecular weight excluding hydrogens is 142 g/mol. The van der Waals surface area contributed by atoms with E-state index in [1.54, 1.807) is 11.3 Å². The summed E-state index contributed by atoms with van der Waals surface area (Å²) < 4.78 is 0. The molecule has 0 saturated carbocycles. The fraction of sp³-hybridized carbons (Fsp3) is 0.375. The summed E-state index contributed by atoms with van der Waals surface area (Å²) in [4.78, 5) is 4.23. The predicted molar refractivity (Wildman–Crippen MR) is 47.5 cm³/mol. The second-order valence-electron chi connectivity index (χ2n) is 1.99. The van der Waals surface area contributed by atoms with Crippen LogP contribution in [-0.2, 0) is 6.42 Å². The molecule has 0 bridgehead atoms. The highest BCUT2D eigenvalue weighted by Gasteiger charge is 1.97. The summed E-state index contributed by atoms with van der Waals surface area (Å²) in [5.74, 6) is 0. The van der Waals surface area contributed by atoms with Gasteiger partial charge in [0, 0.05) is 6.21 Å². The van der Waals surface area contributed by atoms with Crippen LogP contribution in [0.1, 0.15) is 19.4 Å². The molecule has 1 nitrogen and oxygen atoms in total. The van der Waals surface area contributed by atoms with Crippen LogP contribution in [0.15, 0.2) is 16.4 Å². The van der Waals surface area contributed by atoms with Gasteiger partial charge in [0.25, 0.3) is 0 Å². The highest BCUT2D eigenvalue weighted by molar-refractivity contribution is 7.14. The molecule has 10 heavy (non-hydrogen) atoms. The number of nitrogens with zero attached hydrogens (tertiary/aromatic N) is 1. The first kappa shape index (κ1) is 7.48. The average Bonchev–Trinajstić information content (AvgIpc) is 2.36. The Morgan fingerprint density at radius 3 is 3.10 bits per heavy atom. The summed E-state index contributed by atoms with van der Waals surface area (Å²) in [6.07, 6.45) is 2.92. The van der Waals surface area contributed by atoms with Crippen LogP contribution in [0.4, 0.5) is 5.00 Å². The molecule has 0 atom stereocenters. The van der Waals surface area contributed by atoms with Crippen molar-refractivity contribution in [2.24, 2.45) is 4.99 Å². The van der Waals surface area contributed by atoms with Crippen molar-refractivity contribution in [1.29, 1.82) is 0 Å². The Balaban J connectivity index is 2.90. The first-order valence-electron chi connectivity index (χ1n) is 3.43. The van der Waals surface area contributed by atoms with Gasteiger partial charge in [0.2, 0.25) is 0 Å². The summed E-state index contributed by atoms with van der Waals surface area (Å²) in [6, 6.07) is 2.13. The van der Waals surface area contributed by atoms with E-state index in [2.05, 4.69) is 23.4 Å². The zero-order valence-corrected chi connectivity index (χ0v) is 7.11. The van der Waals surface area contributed by atoms with Crippen LogP contribution in [0, 0.1) is 0 Å². The van der Waals surface area contributed by atoms with E-state index in [0.29, 0.717) is 0 Å². The molecule has 0 aromatic carbocycles. The third-order valence-corrected chi connectivity index (χ3v) is 2.21. The van der Waals surface area contributed by atoms with E-state index in [-0.39, 0.29) is 0 Å². The molecule has 1 heterocycles. The highest BCUT2D eigenvalue weighted by Crippen LogP contribution is 2.26. The summed E-state index contributed by atoms with van der Waals surface area (Å²) in [7, 11) is 0. The molecule has 0 spiro atoms. The van der Waals surface area contributed by atoms with E-state index < -0.39 is 0 Å². The van der Waals surface area contributed by atoms with Crippen LogP contribution >= 0.6 is 11.3 Å². The lowest BCUT2D eigenvalue weighted by molar-refractivity contribution is 1.15. The minimum Gasteiger partial charge on any atom is -0.250 e. The molecular formula is C8H11NS. The molecule has 0 unspecified atom stereocenters. The zero-order valence-electron chi connectivity index (χ0n) is 6.29. The third-order valence-electron chi connectivity index (χ3n) is 1.35. The standard InChI is InChI=1S/C8H11NS/c1-3-7-5-6-10-8(7)9-4-2/h4-6H,3H2,1-2H3/b9-4-. The normalized spacial score (nSPS) is 11.0. The van der Waals surface area contributed by atoms with Gasteiger partial charge in [0.05, 0.1) is 0 Å². The molecule has 1 aromatic rings. The molecule has 54 valence electrons. The summed E-state index contributed by atoms with van der Waals surface area (Å²) in [5, 5.41) is 3.24. The van der Waals surface area contributed by atoms with Gasteiger partial charge in [-0.2, -0.15) is 0 Å². The largest absolute Gasteiger partial charge is 0.250 e. The Bertz CT molecular complexity index is 225. The van der Waals surface area contributed by atoms with Crippen molar-refractivity contribution in [3.63, 3.8) is 0 Å². The van der Waals surface area contributed by atoms with Gasteiger partial charge in [-0.05, 0) is 30.4 Å². The molecule has 0 aliphatic heterocycles. The fourth-order valence-corrected chi connectivity index (χ4v) is 1.72. The first-order chi connectivity index (χ1) is 4.88. The second kappa shape index (κ2) is 3.52. The van der Waals surface area contributed by atoms with E-state index in [1.807, 2.05) is 13.1 Å². The molecule has 0 aliphatic rings. The predicted octanol–water partition coefficient (Wildman–Crippen LogP) is 3.03. The van der Waals surface area contributed by atoms with Gasteiger partial charge in [0.1, 0.15) is 5.00 Å². The summed E-state index contributed by atoms with van der Waals surface area (Å²) >= 11 is 1.70. The minimum absolute atomic E-state index is 1.08. The van der Waals surface area contributed by atoms with E-state index in [9.17, 15) is 0 Å². The lowest BCUT2D eigenvalue weighted by Gasteiger charge is -1.90. The maximum atomic E-state index is 4.23. The Morgan fingerprint density at radius 2 is 2.50 bits per heavy atom. The molecule has 2 heteroatoms. The highest BCUT2D eigenvalue weighted by atomic mass is 32.1. The van der Waals surface area contributed by atoms with Gasteiger partial charge in [-0.25, -0.2) is 0 Å². The van der Waals surface area contributed by atoms with Crippen LogP contribution in [0.2, 0.25) is 0 Å². The van der Waals surface area contributed by atoms with Crippen molar-refractivity contribution in [1.82, 2.24) is 0 Å². The molecule has 0 radical (unpaired) electrons. The lowest BCUT2D eigenvalue weighted by Crippen LogP contribution is -1.71. The van der Waals surface area contributed by atoms with Crippen LogP contribution in [0.25, 0.3) is 0 Å². The van der Waals surface area contributed by atoms with Crippen molar-refractivity contribution in [2.45, 2.75) is 20.3 Å². The molecule has 1 aromatic heterocycles. The number of aliphatic imine (C=N–C) groups is 1. The smallest absolute Gasteiger partial charge is 0.118 e. The van der Waals surface area contributed by atoms with E-state index in [4.69, 9.17) is 0 Å². The van der Waals surface area contributed by atoms with Crippen molar-refractivity contribution >= 4 is 22.6 Å². The molecule has 0 N–H and O–H groups in total. The average molecular weight is 153 g/mol. The van der Waals surface area contributed by atoms with E-state index in [1.165, 1.54) is 5.56 Å². The van der Waals surface area contributed by atoms with Crippen LogP contribution in [-0.4, -0.2) is 6.21 Å². The topological polar surface area (TPSA) is 12.4 Å². The first-order valence-corrected chi connectivity index (χ1v) is 4.31. The van der Waals surface area contributed by atoms with Crippen molar-refractivity contribution in [2.75, 3.05) is 0 Å². The summed E-state index contributed by atoms with van der Waals surface area (Å²) in [5.41, 5.74) is 1.35. The van der Waals surface area contributed by atoms with Crippen molar-refractivity contribution in [3.8, 4) is 0 Å². The molecule has 0 aliphatic carbocycles. The quantitative estimate of drug-likeness (QED) is 0.579. The number of aryl methyl sites for hydroxylation is 1. The van der Waals surface area contributed by atoms with E-state index >= 15 is 0 Å². The SMILES string of the molecule is C/C=N\c1sccc1CC. The van der Waals surface area contributed by atoms with Gasteiger partial charge in [-0.15, -0.1) is 11.3 Å². The second-order valence-corrected chi connectivity index (χ2v) is 2.89. The number of hydrogen-bond acceptors (Lipinski definition) is 2. The molecule has 1 rings (SSSR count). The Kier molecular flexibility index (Phi) is 2.63. The molecule has 0 fully saturated rings. The molecule has 0 saturated heterocycles. The Labute approximate surface area is 65.4 Å². The van der Waals surface area contributed by atoms with Crippen LogP contribution in [0.5, 0.6) is 0 Å². The number of rotatable bonds is 2. The van der Waals surface area contributed by atoms with Gasteiger partial charge < -0.3 is 0 Å². The number of hydrogen-bond donors (Lipinski definition) is 0. The zero-order chi connectivity index (χ0) is 7.40. The summed E-state index contributed by atoms with van der Waals surface area (Å²) in [6.45, 7) is 4.09. The maximum absolute atomic E-state index is 4.23. The Morgan fingerprint density at radius 1 is 1.70 bits per heavy atom. The third kappa shape index (κ3) is 1.45. The lowest BCUT2D eigenvalue weighted by atomic mass is 10.2. The van der Waals surface area contributed by atoms with Crippen LogP contribution in [0.3, 0.4) is 0 Å². The van der Waals surface area contributed by atoms with Gasteiger partial charge in [-0.3, -0.25) is 4.99 Å². The van der Waals surface area contributed by atoms with Crippen molar-refractivity contribution in [3.05, 3.63) is 17.0 Å².